The maximum absolute atomic E-state index is 11.1. The van der Waals surface area contributed by atoms with E-state index in [-0.39, 0.29) is 5.78 Å². The van der Waals surface area contributed by atoms with Gasteiger partial charge in [0.15, 0.2) is 5.78 Å². The predicted octanol–water partition coefficient (Wildman–Crippen LogP) is 1.88. The second-order valence-electron chi connectivity index (χ2n) is 3.86. The molecule has 1 aromatic rings. The number of carbonyl (C=O) groups excluding carboxylic acids is 1. The standard InChI is InChI=1S/C12H14O2/c13-11-7-6-10(8-12(11)14)9-4-2-1-3-5-9/h1-5,10,12,14H,6-8H2/t10-,12+/m1/s1. The van der Waals surface area contributed by atoms with Gasteiger partial charge in [-0.25, -0.2) is 0 Å². The topological polar surface area (TPSA) is 37.3 Å². The molecule has 0 aromatic heterocycles. The molecule has 2 heteroatoms. The Kier molecular flexibility index (Phi) is 2.64. The summed E-state index contributed by atoms with van der Waals surface area (Å²) >= 11 is 0. The van der Waals surface area contributed by atoms with Gasteiger partial charge in [-0.05, 0) is 24.3 Å². The highest BCUT2D eigenvalue weighted by Gasteiger charge is 2.27. The van der Waals surface area contributed by atoms with Crippen molar-refractivity contribution in [2.24, 2.45) is 0 Å². The summed E-state index contributed by atoms with van der Waals surface area (Å²) in [5, 5.41) is 9.46. The molecule has 0 radical (unpaired) electrons. The minimum Gasteiger partial charge on any atom is -0.385 e. The molecule has 0 unspecified atom stereocenters. The first-order chi connectivity index (χ1) is 6.77. The van der Waals surface area contributed by atoms with Crippen LogP contribution >= 0.6 is 0 Å². The molecule has 14 heavy (non-hydrogen) atoms. The van der Waals surface area contributed by atoms with Gasteiger partial charge in [0.25, 0.3) is 0 Å². The fourth-order valence-corrected chi connectivity index (χ4v) is 2.03. The second kappa shape index (κ2) is 3.93. The van der Waals surface area contributed by atoms with Gasteiger partial charge in [0.05, 0.1) is 0 Å². The molecule has 2 atom stereocenters. The Balaban J connectivity index is 2.11. The van der Waals surface area contributed by atoms with Crippen LogP contribution in [0.2, 0.25) is 0 Å². The number of hydrogen-bond donors (Lipinski definition) is 1. The number of aliphatic hydroxyl groups is 1. The number of carbonyl (C=O) groups is 1. The highest BCUT2D eigenvalue weighted by molar-refractivity contribution is 5.83. The van der Waals surface area contributed by atoms with Gasteiger partial charge < -0.3 is 5.11 Å². The molecule has 0 heterocycles. The third kappa shape index (κ3) is 1.85. The smallest absolute Gasteiger partial charge is 0.161 e. The summed E-state index contributed by atoms with van der Waals surface area (Å²) in [5.74, 6) is 0.348. The van der Waals surface area contributed by atoms with E-state index < -0.39 is 6.10 Å². The Morgan fingerprint density at radius 2 is 1.93 bits per heavy atom. The molecule has 1 saturated carbocycles. The highest BCUT2D eigenvalue weighted by atomic mass is 16.3. The molecule has 0 amide bonds. The number of benzene rings is 1. The van der Waals surface area contributed by atoms with Gasteiger partial charge in [-0.3, -0.25) is 4.79 Å². The van der Waals surface area contributed by atoms with Crippen molar-refractivity contribution in [3.63, 3.8) is 0 Å². The Morgan fingerprint density at radius 1 is 1.21 bits per heavy atom. The first kappa shape index (κ1) is 9.41. The molecule has 1 aliphatic rings. The SMILES string of the molecule is O=C1CC[C@@H](c2ccccc2)C[C@@H]1O. The number of hydrogen-bond acceptors (Lipinski definition) is 2. The van der Waals surface area contributed by atoms with E-state index in [0.717, 1.165) is 6.42 Å². The fraction of sp³-hybridized carbons (Fsp3) is 0.417. The van der Waals surface area contributed by atoms with Crippen molar-refractivity contribution in [1.82, 2.24) is 0 Å². The van der Waals surface area contributed by atoms with E-state index in [1.807, 2.05) is 18.2 Å². The molecule has 0 bridgehead atoms. The van der Waals surface area contributed by atoms with E-state index in [1.165, 1.54) is 5.56 Å². The van der Waals surface area contributed by atoms with E-state index in [4.69, 9.17) is 0 Å². The summed E-state index contributed by atoms with van der Waals surface area (Å²) in [4.78, 5) is 11.1. The first-order valence-corrected chi connectivity index (χ1v) is 5.03. The number of rotatable bonds is 1. The summed E-state index contributed by atoms with van der Waals surface area (Å²) in [5.41, 5.74) is 1.24. The molecule has 1 fully saturated rings. The van der Waals surface area contributed by atoms with Gasteiger partial charge in [0.1, 0.15) is 6.10 Å². The van der Waals surface area contributed by atoms with Crippen LogP contribution in [0.25, 0.3) is 0 Å². The van der Waals surface area contributed by atoms with Crippen LogP contribution in [0.4, 0.5) is 0 Å². The van der Waals surface area contributed by atoms with Crippen molar-refractivity contribution in [3.8, 4) is 0 Å². The average Bonchev–Trinajstić information content (AvgIpc) is 2.23. The molecule has 74 valence electrons. The lowest BCUT2D eigenvalue weighted by Gasteiger charge is -2.25. The van der Waals surface area contributed by atoms with Crippen molar-refractivity contribution < 1.29 is 9.90 Å². The Morgan fingerprint density at radius 3 is 2.57 bits per heavy atom. The van der Waals surface area contributed by atoms with Gasteiger partial charge in [0.2, 0.25) is 0 Å². The van der Waals surface area contributed by atoms with Crippen LogP contribution in [0, 0.1) is 0 Å². The highest BCUT2D eigenvalue weighted by Crippen LogP contribution is 2.30. The normalized spacial score (nSPS) is 27.6. The lowest BCUT2D eigenvalue weighted by Crippen LogP contribution is -2.28. The van der Waals surface area contributed by atoms with Crippen LogP contribution in [0.3, 0.4) is 0 Å². The van der Waals surface area contributed by atoms with Crippen LogP contribution in [-0.4, -0.2) is 17.0 Å². The monoisotopic (exact) mass is 190 g/mol. The van der Waals surface area contributed by atoms with Gasteiger partial charge in [-0.2, -0.15) is 0 Å². The summed E-state index contributed by atoms with van der Waals surface area (Å²) in [6, 6.07) is 10.1. The van der Waals surface area contributed by atoms with Crippen LogP contribution in [0.5, 0.6) is 0 Å². The third-order valence-corrected chi connectivity index (χ3v) is 2.89. The molecular weight excluding hydrogens is 176 g/mol. The van der Waals surface area contributed by atoms with Crippen LogP contribution in [0.1, 0.15) is 30.7 Å². The number of ketones is 1. The van der Waals surface area contributed by atoms with Crippen molar-refractivity contribution in [1.29, 1.82) is 0 Å². The maximum Gasteiger partial charge on any atom is 0.161 e. The molecule has 0 aliphatic heterocycles. The minimum atomic E-state index is -0.742. The molecule has 1 aromatic carbocycles. The Bertz CT molecular complexity index is 318. The third-order valence-electron chi connectivity index (χ3n) is 2.89. The largest absolute Gasteiger partial charge is 0.385 e. The van der Waals surface area contributed by atoms with Gasteiger partial charge in [-0.15, -0.1) is 0 Å². The van der Waals surface area contributed by atoms with E-state index in [1.54, 1.807) is 0 Å². The zero-order chi connectivity index (χ0) is 9.97. The van der Waals surface area contributed by atoms with E-state index in [2.05, 4.69) is 12.1 Å². The number of Topliss-reactive ketones (excluding diaryl/α,β-unsaturated/α-hetero) is 1. The molecule has 1 aliphatic carbocycles. The molecule has 0 saturated heterocycles. The summed E-state index contributed by atoms with van der Waals surface area (Å²) < 4.78 is 0. The Labute approximate surface area is 83.6 Å². The first-order valence-electron chi connectivity index (χ1n) is 5.03. The number of aliphatic hydroxyl groups excluding tert-OH is 1. The van der Waals surface area contributed by atoms with E-state index >= 15 is 0 Å². The summed E-state index contributed by atoms with van der Waals surface area (Å²) in [6.07, 6.45) is 1.23. The molecular formula is C12H14O2. The fourth-order valence-electron chi connectivity index (χ4n) is 2.03. The summed E-state index contributed by atoms with van der Waals surface area (Å²) in [7, 11) is 0. The van der Waals surface area contributed by atoms with Crippen LogP contribution in [-0.2, 0) is 4.79 Å². The maximum atomic E-state index is 11.1. The molecule has 0 spiro atoms. The van der Waals surface area contributed by atoms with Crippen molar-refractivity contribution in [2.45, 2.75) is 31.3 Å². The van der Waals surface area contributed by atoms with Crippen LogP contribution in [0.15, 0.2) is 30.3 Å². The quantitative estimate of drug-likeness (QED) is 0.734. The second-order valence-corrected chi connectivity index (χ2v) is 3.86. The van der Waals surface area contributed by atoms with Crippen molar-refractivity contribution >= 4 is 5.78 Å². The van der Waals surface area contributed by atoms with E-state index in [0.29, 0.717) is 18.8 Å². The molecule has 1 N–H and O–H groups in total. The van der Waals surface area contributed by atoms with Gasteiger partial charge >= 0.3 is 0 Å². The lowest BCUT2D eigenvalue weighted by atomic mass is 9.82. The van der Waals surface area contributed by atoms with Crippen molar-refractivity contribution in [3.05, 3.63) is 35.9 Å². The molecule has 2 nitrogen and oxygen atoms in total. The zero-order valence-electron chi connectivity index (χ0n) is 8.02. The van der Waals surface area contributed by atoms with Gasteiger partial charge in [0, 0.05) is 6.42 Å². The summed E-state index contributed by atoms with van der Waals surface area (Å²) in [6.45, 7) is 0. The molecule has 2 rings (SSSR count). The Hall–Kier alpha value is -1.15. The lowest BCUT2D eigenvalue weighted by molar-refractivity contribution is -0.129. The van der Waals surface area contributed by atoms with Crippen LogP contribution < -0.4 is 0 Å². The zero-order valence-corrected chi connectivity index (χ0v) is 8.02. The minimum absolute atomic E-state index is 0.00261. The van der Waals surface area contributed by atoms with E-state index in [9.17, 15) is 9.90 Å². The average molecular weight is 190 g/mol. The van der Waals surface area contributed by atoms with Gasteiger partial charge in [-0.1, -0.05) is 30.3 Å². The predicted molar refractivity (Wildman–Crippen MR) is 54.0 cm³/mol. The van der Waals surface area contributed by atoms with Crippen molar-refractivity contribution in [2.75, 3.05) is 0 Å².